The van der Waals surface area contributed by atoms with Gasteiger partial charge in [0.25, 0.3) is 5.91 Å². The van der Waals surface area contributed by atoms with E-state index in [1.165, 1.54) is 11.8 Å². The van der Waals surface area contributed by atoms with Crippen LogP contribution in [0.1, 0.15) is 0 Å². The lowest BCUT2D eigenvalue weighted by Gasteiger charge is -2.08. The van der Waals surface area contributed by atoms with E-state index in [4.69, 9.17) is 11.6 Å². The molecule has 1 unspecified atom stereocenters. The number of aliphatic imine (C=N–C) groups is 2. The van der Waals surface area contributed by atoms with Gasteiger partial charge in [0.2, 0.25) is 5.29 Å². The average Bonchev–Trinajstić information content (AvgIpc) is 2.34. The largest absolute Gasteiger partial charge is 0.271 e. The summed E-state index contributed by atoms with van der Waals surface area (Å²) in [6.07, 6.45) is 1.78. The third kappa shape index (κ3) is 1.12. The number of nitrogens with zero attached hydrogens (tertiary/aromatic N) is 2. The minimum atomic E-state index is -0.238. The van der Waals surface area contributed by atoms with Gasteiger partial charge in [0.05, 0.1) is 5.71 Å². The molecule has 1 atom stereocenters. The number of amides is 1. The summed E-state index contributed by atoms with van der Waals surface area (Å²) in [6.45, 7) is 0. The Hall–Kier alpha value is -0.610. The van der Waals surface area contributed by atoms with E-state index < -0.39 is 0 Å². The fraction of sp³-hybridized carbons (Fsp3) is 0.167. The van der Waals surface area contributed by atoms with Gasteiger partial charge >= 0.3 is 0 Å². The van der Waals surface area contributed by atoms with Gasteiger partial charge in [-0.1, -0.05) is 0 Å². The van der Waals surface area contributed by atoms with Crippen LogP contribution in [-0.2, 0) is 4.79 Å². The molecule has 2 aliphatic rings. The standard InChI is InChI=1S/C6H3ClN2OS/c7-6-8-3-1-2-11-4(3)5(10)9-6/h1-2,4H. The molecular weight excluding hydrogens is 184 g/mol. The zero-order chi connectivity index (χ0) is 7.84. The smallest absolute Gasteiger partial charge is 0.268 e. The minimum Gasteiger partial charge on any atom is -0.271 e. The van der Waals surface area contributed by atoms with Crippen LogP contribution in [0.25, 0.3) is 0 Å². The number of carbonyl (C=O) groups is 1. The van der Waals surface area contributed by atoms with Crippen molar-refractivity contribution in [3.63, 3.8) is 0 Å². The molecule has 0 bridgehead atoms. The van der Waals surface area contributed by atoms with E-state index in [-0.39, 0.29) is 16.5 Å². The maximum atomic E-state index is 11.1. The molecule has 56 valence electrons. The molecule has 0 saturated carbocycles. The van der Waals surface area contributed by atoms with Crippen molar-refractivity contribution in [3.8, 4) is 0 Å². The van der Waals surface area contributed by atoms with Crippen molar-refractivity contribution in [2.24, 2.45) is 9.98 Å². The Kier molecular flexibility index (Phi) is 1.58. The number of thioether (sulfide) groups is 1. The Morgan fingerprint density at radius 2 is 2.36 bits per heavy atom. The summed E-state index contributed by atoms with van der Waals surface area (Å²) >= 11 is 6.89. The summed E-state index contributed by atoms with van der Waals surface area (Å²) in [4.78, 5) is 18.5. The summed E-state index contributed by atoms with van der Waals surface area (Å²) in [5, 5.41) is 1.62. The number of halogens is 1. The molecule has 0 radical (unpaired) electrons. The van der Waals surface area contributed by atoms with Crippen LogP contribution in [0.4, 0.5) is 0 Å². The van der Waals surface area contributed by atoms with Gasteiger partial charge in [0.1, 0.15) is 5.25 Å². The average molecular weight is 187 g/mol. The van der Waals surface area contributed by atoms with Crippen molar-refractivity contribution < 1.29 is 4.79 Å². The Labute approximate surface area is 72.2 Å². The second kappa shape index (κ2) is 2.46. The summed E-state index contributed by atoms with van der Waals surface area (Å²) in [5.74, 6) is -0.213. The van der Waals surface area contributed by atoms with Crippen molar-refractivity contribution in [1.29, 1.82) is 0 Å². The highest BCUT2D eigenvalue weighted by molar-refractivity contribution is 8.04. The van der Waals surface area contributed by atoms with E-state index >= 15 is 0 Å². The van der Waals surface area contributed by atoms with Crippen LogP contribution in [-0.4, -0.2) is 22.2 Å². The third-order valence-corrected chi connectivity index (χ3v) is 2.55. The Balaban J connectivity index is 2.42. The zero-order valence-electron chi connectivity index (χ0n) is 5.32. The topological polar surface area (TPSA) is 41.8 Å². The van der Waals surface area contributed by atoms with Crippen LogP contribution < -0.4 is 0 Å². The Morgan fingerprint density at radius 3 is 3.18 bits per heavy atom. The van der Waals surface area contributed by atoms with Gasteiger partial charge in [-0.2, -0.15) is 4.99 Å². The molecule has 0 fully saturated rings. The number of amidine groups is 1. The predicted octanol–water partition coefficient (Wildman–Crippen LogP) is 1.19. The number of hydrogen-bond acceptors (Lipinski definition) is 3. The summed E-state index contributed by atoms with van der Waals surface area (Å²) in [5.41, 5.74) is 0.708. The number of hydrogen-bond donors (Lipinski definition) is 0. The van der Waals surface area contributed by atoms with Crippen LogP contribution in [0.15, 0.2) is 21.5 Å². The molecule has 3 nitrogen and oxygen atoms in total. The van der Waals surface area contributed by atoms with Crippen LogP contribution >= 0.6 is 23.4 Å². The first kappa shape index (κ1) is 7.06. The van der Waals surface area contributed by atoms with E-state index in [9.17, 15) is 4.79 Å². The van der Waals surface area contributed by atoms with Gasteiger partial charge in [-0.05, 0) is 23.1 Å². The normalized spacial score (nSPS) is 28.1. The second-order valence-corrected chi connectivity index (χ2v) is 3.43. The van der Waals surface area contributed by atoms with Crippen LogP contribution in [0.2, 0.25) is 0 Å². The first-order valence-electron chi connectivity index (χ1n) is 2.96. The first-order valence-corrected chi connectivity index (χ1v) is 4.28. The minimum absolute atomic E-state index is 0.0356. The van der Waals surface area contributed by atoms with E-state index in [1.807, 2.05) is 5.41 Å². The molecule has 2 aliphatic heterocycles. The molecule has 2 rings (SSSR count). The van der Waals surface area contributed by atoms with Crippen LogP contribution in [0.3, 0.4) is 0 Å². The van der Waals surface area contributed by atoms with Crippen molar-refractivity contribution in [3.05, 3.63) is 11.5 Å². The lowest BCUT2D eigenvalue weighted by atomic mass is 10.2. The van der Waals surface area contributed by atoms with Crippen LogP contribution in [0.5, 0.6) is 0 Å². The quantitative estimate of drug-likeness (QED) is 0.534. The van der Waals surface area contributed by atoms with Gasteiger partial charge in [-0.25, -0.2) is 4.99 Å². The van der Waals surface area contributed by atoms with Crippen molar-refractivity contribution in [2.45, 2.75) is 5.25 Å². The fourth-order valence-electron chi connectivity index (χ4n) is 0.906. The number of allylic oxidation sites excluding steroid dienone is 1. The number of rotatable bonds is 0. The van der Waals surface area contributed by atoms with E-state index in [1.54, 1.807) is 6.08 Å². The molecule has 5 heteroatoms. The number of fused-ring (bicyclic) bond motifs is 1. The fourth-order valence-corrected chi connectivity index (χ4v) is 1.90. The predicted molar refractivity (Wildman–Crippen MR) is 46.2 cm³/mol. The maximum absolute atomic E-state index is 11.1. The summed E-state index contributed by atoms with van der Waals surface area (Å²) in [6, 6.07) is 0. The van der Waals surface area contributed by atoms with E-state index in [0.29, 0.717) is 5.71 Å². The van der Waals surface area contributed by atoms with Gasteiger partial charge in [0.15, 0.2) is 0 Å². The molecule has 11 heavy (non-hydrogen) atoms. The molecule has 0 saturated heterocycles. The van der Waals surface area contributed by atoms with Crippen molar-refractivity contribution in [1.82, 2.24) is 0 Å². The lowest BCUT2D eigenvalue weighted by molar-refractivity contribution is -0.116. The summed E-state index contributed by atoms with van der Waals surface area (Å²) < 4.78 is 0. The number of carbonyl (C=O) groups excluding carboxylic acids is 1. The van der Waals surface area contributed by atoms with Crippen LogP contribution in [0, 0.1) is 0 Å². The second-order valence-electron chi connectivity index (χ2n) is 2.07. The third-order valence-electron chi connectivity index (χ3n) is 1.37. The molecule has 0 aromatic carbocycles. The van der Waals surface area contributed by atoms with Gasteiger partial charge < -0.3 is 0 Å². The van der Waals surface area contributed by atoms with Gasteiger partial charge in [0, 0.05) is 0 Å². The highest BCUT2D eigenvalue weighted by Gasteiger charge is 2.29. The SMILES string of the molecule is O=C1N=C(Cl)N=C2C=CSC12. The maximum Gasteiger partial charge on any atom is 0.268 e. The van der Waals surface area contributed by atoms with Crippen molar-refractivity contribution >= 4 is 40.3 Å². The molecule has 2 heterocycles. The molecule has 0 spiro atoms. The molecule has 0 N–H and O–H groups in total. The molecule has 0 aromatic heterocycles. The molecule has 0 aromatic rings. The van der Waals surface area contributed by atoms with Gasteiger partial charge in [-0.3, -0.25) is 4.79 Å². The highest BCUT2D eigenvalue weighted by Crippen LogP contribution is 2.26. The first-order chi connectivity index (χ1) is 5.27. The summed E-state index contributed by atoms with van der Waals surface area (Å²) in [7, 11) is 0. The Bertz CT molecular complexity index is 308. The zero-order valence-corrected chi connectivity index (χ0v) is 6.89. The highest BCUT2D eigenvalue weighted by atomic mass is 35.5. The molecule has 0 aliphatic carbocycles. The Morgan fingerprint density at radius 1 is 1.55 bits per heavy atom. The monoisotopic (exact) mass is 186 g/mol. The van der Waals surface area contributed by atoms with E-state index in [0.717, 1.165) is 0 Å². The lowest BCUT2D eigenvalue weighted by Crippen LogP contribution is -2.25. The molecule has 1 amide bonds. The van der Waals surface area contributed by atoms with Gasteiger partial charge in [-0.15, -0.1) is 11.8 Å². The van der Waals surface area contributed by atoms with Crippen molar-refractivity contribution in [2.75, 3.05) is 0 Å². The van der Waals surface area contributed by atoms with E-state index in [2.05, 4.69) is 9.98 Å². The molecular formula is C6H3ClN2OS.